The Hall–Kier alpha value is -4.84. The Morgan fingerprint density at radius 2 is 1.87 bits per heavy atom. The predicted molar refractivity (Wildman–Crippen MR) is 145 cm³/mol. The molecular weight excluding hydrogens is 490 g/mol. The number of benzene rings is 2. The van der Waals surface area contributed by atoms with E-state index in [2.05, 4.69) is 27.2 Å². The fourth-order valence-electron chi connectivity index (χ4n) is 3.53. The van der Waals surface area contributed by atoms with Crippen LogP contribution in [0.2, 0.25) is 0 Å². The number of anilines is 4. The summed E-state index contributed by atoms with van der Waals surface area (Å²) in [6.45, 7) is 4.98. The highest BCUT2D eigenvalue weighted by Crippen LogP contribution is 2.38. The first-order valence-corrected chi connectivity index (χ1v) is 11.5. The molecule has 0 aliphatic rings. The Labute approximate surface area is 220 Å². The fraction of sp³-hybridized carbons (Fsp3) is 0.231. The highest BCUT2D eigenvalue weighted by atomic mass is 16.6. The van der Waals surface area contributed by atoms with Crippen LogP contribution in [0, 0.1) is 10.1 Å². The molecule has 3 rings (SSSR count). The number of likely N-dealkylation sites (N-methyl/N-ethyl adjacent to an activating group) is 2. The molecule has 1 amide bonds. The van der Waals surface area contributed by atoms with Gasteiger partial charge in [0.15, 0.2) is 0 Å². The van der Waals surface area contributed by atoms with E-state index in [9.17, 15) is 19.7 Å². The maximum atomic E-state index is 13.0. The van der Waals surface area contributed by atoms with Crippen LogP contribution < -0.4 is 20.3 Å². The lowest BCUT2D eigenvalue weighted by Crippen LogP contribution is -2.29. The number of carbonyl (C=O) groups is 2. The molecule has 1 heterocycles. The van der Waals surface area contributed by atoms with Crippen molar-refractivity contribution < 1.29 is 19.2 Å². The highest BCUT2D eigenvalue weighted by molar-refractivity contribution is 6.10. The van der Waals surface area contributed by atoms with Crippen LogP contribution in [0.5, 0.6) is 5.75 Å². The molecule has 38 heavy (non-hydrogen) atoms. The van der Waals surface area contributed by atoms with Crippen molar-refractivity contribution in [2.45, 2.75) is 0 Å². The molecule has 0 radical (unpaired) electrons. The minimum absolute atomic E-state index is 0.0315. The van der Waals surface area contributed by atoms with Crippen molar-refractivity contribution >= 4 is 40.4 Å². The van der Waals surface area contributed by atoms with Gasteiger partial charge in [0.2, 0.25) is 17.6 Å². The number of para-hydroxylation sites is 1. The molecule has 198 valence electrons. The largest absolute Gasteiger partial charge is 0.494 e. The number of nitrogens with zero attached hydrogens (tertiary/aromatic N) is 5. The lowest BCUT2D eigenvalue weighted by atomic mass is 10.1. The number of hydrogen-bond acceptors (Lipinski definition) is 10. The first-order valence-electron chi connectivity index (χ1n) is 11.5. The van der Waals surface area contributed by atoms with E-state index in [0.29, 0.717) is 29.4 Å². The van der Waals surface area contributed by atoms with E-state index in [4.69, 9.17) is 4.74 Å². The standard InChI is InChI=1S/C26H29N7O5/c1-6-24(34)28-19-15-20(23(38-5)16-22(19)32(4)14-13-31(2)3)30-26-27-12-11-18(29-26)25(35)17-9-7-8-10-21(17)33(36)37/h6-12,15-16H,1,13-14H2,2-5H3,(H,28,34)(H,27,29,30). The molecule has 0 atom stereocenters. The molecule has 0 unspecified atom stereocenters. The molecule has 0 spiro atoms. The van der Waals surface area contributed by atoms with Crippen molar-refractivity contribution in [3.8, 4) is 5.75 Å². The van der Waals surface area contributed by atoms with Crippen LogP contribution in [0.3, 0.4) is 0 Å². The van der Waals surface area contributed by atoms with E-state index >= 15 is 0 Å². The smallest absolute Gasteiger partial charge is 0.280 e. The van der Waals surface area contributed by atoms with Gasteiger partial charge in [0.25, 0.3) is 5.69 Å². The summed E-state index contributed by atoms with van der Waals surface area (Å²) in [5.41, 5.74) is 1.20. The number of amides is 1. The van der Waals surface area contributed by atoms with Crippen LogP contribution in [0.25, 0.3) is 0 Å². The van der Waals surface area contributed by atoms with Crippen LogP contribution in [0.4, 0.5) is 28.7 Å². The quantitative estimate of drug-likeness (QED) is 0.158. The van der Waals surface area contributed by atoms with Gasteiger partial charge in [-0.05, 0) is 38.4 Å². The van der Waals surface area contributed by atoms with Gasteiger partial charge in [0, 0.05) is 38.5 Å². The number of ether oxygens (including phenoxy) is 1. The summed E-state index contributed by atoms with van der Waals surface area (Å²) in [5.74, 6) is -0.516. The van der Waals surface area contributed by atoms with Crippen molar-refractivity contribution in [3.63, 3.8) is 0 Å². The van der Waals surface area contributed by atoms with Gasteiger partial charge in [0.1, 0.15) is 17.0 Å². The van der Waals surface area contributed by atoms with Crippen LogP contribution in [-0.2, 0) is 4.79 Å². The average Bonchev–Trinajstić information content (AvgIpc) is 2.91. The second-order valence-electron chi connectivity index (χ2n) is 8.48. The van der Waals surface area contributed by atoms with Crippen LogP contribution in [-0.4, -0.2) is 72.8 Å². The van der Waals surface area contributed by atoms with Gasteiger partial charge >= 0.3 is 0 Å². The van der Waals surface area contributed by atoms with Crippen molar-refractivity contribution in [2.75, 3.05) is 56.9 Å². The third-order valence-electron chi connectivity index (χ3n) is 5.54. The molecule has 2 aromatic carbocycles. The first kappa shape index (κ1) is 27.7. The molecule has 0 fully saturated rings. The van der Waals surface area contributed by atoms with E-state index in [1.165, 1.54) is 43.6 Å². The first-order chi connectivity index (χ1) is 18.1. The number of rotatable bonds is 12. The van der Waals surface area contributed by atoms with E-state index in [-0.39, 0.29) is 22.9 Å². The number of carbonyl (C=O) groups excluding carboxylic acids is 2. The summed E-state index contributed by atoms with van der Waals surface area (Å²) in [6, 6.07) is 10.5. The summed E-state index contributed by atoms with van der Waals surface area (Å²) < 4.78 is 5.58. The summed E-state index contributed by atoms with van der Waals surface area (Å²) >= 11 is 0. The van der Waals surface area contributed by atoms with Crippen molar-refractivity contribution in [2.24, 2.45) is 0 Å². The van der Waals surface area contributed by atoms with Gasteiger partial charge in [0.05, 0.1) is 29.1 Å². The minimum atomic E-state index is -0.619. The third-order valence-corrected chi connectivity index (χ3v) is 5.54. The molecule has 3 aromatic rings. The van der Waals surface area contributed by atoms with Gasteiger partial charge in [-0.25, -0.2) is 9.97 Å². The number of nitro groups is 1. The lowest BCUT2D eigenvalue weighted by molar-refractivity contribution is -0.385. The fourth-order valence-corrected chi connectivity index (χ4v) is 3.53. The van der Waals surface area contributed by atoms with E-state index in [1.54, 1.807) is 18.2 Å². The van der Waals surface area contributed by atoms with Crippen LogP contribution in [0.15, 0.2) is 61.3 Å². The number of methoxy groups -OCH3 is 1. The van der Waals surface area contributed by atoms with Crippen molar-refractivity contribution in [1.29, 1.82) is 0 Å². The Bertz CT molecular complexity index is 1360. The van der Waals surface area contributed by atoms with Gasteiger partial charge < -0.3 is 25.2 Å². The molecule has 0 bridgehead atoms. The number of hydrogen-bond donors (Lipinski definition) is 2. The Balaban J connectivity index is 1.98. The maximum Gasteiger partial charge on any atom is 0.280 e. The second kappa shape index (κ2) is 12.4. The van der Waals surface area contributed by atoms with Crippen molar-refractivity contribution in [3.05, 3.63) is 82.7 Å². The second-order valence-corrected chi connectivity index (χ2v) is 8.48. The van der Waals surface area contributed by atoms with Gasteiger partial charge in [-0.2, -0.15) is 0 Å². The van der Waals surface area contributed by atoms with Crippen molar-refractivity contribution in [1.82, 2.24) is 14.9 Å². The molecule has 0 aliphatic carbocycles. The number of aromatic nitrogens is 2. The zero-order chi connectivity index (χ0) is 27.8. The molecule has 2 N–H and O–H groups in total. The third kappa shape index (κ3) is 6.68. The number of nitro benzene ring substituents is 1. The molecule has 0 saturated heterocycles. The van der Waals surface area contributed by atoms with E-state index in [0.717, 1.165) is 6.54 Å². The molecule has 0 saturated carbocycles. The molecule has 0 aliphatic heterocycles. The van der Waals surface area contributed by atoms with Gasteiger partial charge in [-0.15, -0.1) is 0 Å². The van der Waals surface area contributed by atoms with Crippen LogP contribution >= 0.6 is 0 Å². The molecule has 12 heteroatoms. The van der Waals surface area contributed by atoms with Gasteiger partial charge in [-0.1, -0.05) is 18.7 Å². The maximum absolute atomic E-state index is 13.0. The van der Waals surface area contributed by atoms with E-state index in [1.807, 2.05) is 30.9 Å². The summed E-state index contributed by atoms with van der Waals surface area (Å²) in [4.78, 5) is 48.4. The SMILES string of the molecule is C=CC(=O)Nc1cc(Nc2nccc(C(=O)c3ccccc3[N+](=O)[O-])n2)c(OC)cc1N(C)CCN(C)C. The predicted octanol–water partition coefficient (Wildman–Crippen LogP) is 3.49. The topological polar surface area (TPSA) is 143 Å². The van der Waals surface area contributed by atoms with Crippen LogP contribution in [0.1, 0.15) is 16.1 Å². The summed E-state index contributed by atoms with van der Waals surface area (Å²) in [7, 11) is 7.34. The molecular formula is C26H29N7O5. The Kier molecular flexibility index (Phi) is 9.06. The molecule has 12 nitrogen and oxygen atoms in total. The zero-order valence-corrected chi connectivity index (χ0v) is 21.6. The lowest BCUT2D eigenvalue weighted by Gasteiger charge is -2.26. The number of ketones is 1. The molecule has 1 aromatic heterocycles. The van der Waals surface area contributed by atoms with Gasteiger partial charge in [-0.3, -0.25) is 19.7 Å². The normalized spacial score (nSPS) is 10.6. The zero-order valence-electron chi connectivity index (χ0n) is 21.6. The summed E-state index contributed by atoms with van der Waals surface area (Å²) in [5, 5.41) is 17.2. The number of nitrogens with one attached hydrogen (secondary N) is 2. The average molecular weight is 520 g/mol. The monoisotopic (exact) mass is 519 g/mol. The highest BCUT2D eigenvalue weighted by Gasteiger charge is 2.22. The summed E-state index contributed by atoms with van der Waals surface area (Å²) in [6.07, 6.45) is 2.54. The Morgan fingerprint density at radius 3 is 2.53 bits per heavy atom. The van der Waals surface area contributed by atoms with E-state index < -0.39 is 16.6 Å². The minimum Gasteiger partial charge on any atom is -0.494 e. The Morgan fingerprint density at radius 1 is 1.13 bits per heavy atom.